The molecule has 2 rings (SSSR count). The highest BCUT2D eigenvalue weighted by molar-refractivity contribution is 9.10. The predicted octanol–water partition coefficient (Wildman–Crippen LogP) is 2.55. The van der Waals surface area contributed by atoms with Crippen LogP contribution in [0.1, 0.15) is 18.4 Å². The van der Waals surface area contributed by atoms with Gasteiger partial charge in [0.1, 0.15) is 5.41 Å². The third-order valence-electron chi connectivity index (χ3n) is 3.67. The van der Waals surface area contributed by atoms with Crippen LogP contribution < -0.4 is 0 Å². The second kappa shape index (κ2) is 4.64. The maximum absolute atomic E-state index is 11.6. The molecule has 0 aliphatic heterocycles. The Hall–Kier alpha value is -0.910. The largest absolute Gasteiger partial charge is 0.481 e. The van der Waals surface area contributed by atoms with Crippen LogP contribution >= 0.6 is 15.9 Å². The summed E-state index contributed by atoms with van der Waals surface area (Å²) in [5, 5.41) is 9.52. The first kappa shape index (κ1) is 13.5. The third-order valence-corrected chi connectivity index (χ3v) is 4.17. The molecule has 0 saturated heterocycles. The molecule has 1 aliphatic carbocycles. The number of benzene rings is 1. The van der Waals surface area contributed by atoms with Gasteiger partial charge in [0, 0.05) is 31.5 Å². The van der Waals surface area contributed by atoms with Gasteiger partial charge in [-0.05, 0) is 17.7 Å². The van der Waals surface area contributed by atoms with Gasteiger partial charge in [-0.2, -0.15) is 0 Å². The minimum Gasteiger partial charge on any atom is -0.481 e. The topological polar surface area (TPSA) is 55.8 Å². The summed E-state index contributed by atoms with van der Waals surface area (Å²) >= 11 is 3.36. The number of methoxy groups -OCH3 is 2. The summed E-state index contributed by atoms with van der Waals surface area (Å²) in [6.07, 6.45) is 0.636. The summed E-state index contributed by atoms with van der Waals surface area (Å²) in [5.41, 5.74) is -0.149. The summed E-state index contributed by atoms with van der Waals surface area (Å²) in [5.74, 6) is -1.62. The van der Waals surface area contributed by atoms with Gasteiger partial charge >= 0.3 is 5.97 Å². The van der Waals surface area contributed by atoms with Gasteiger partial charge in [0.15, 0.2) is 5.79 Å². The number of halogens is 1. The van der Waals surface area contributed by atoms with Crippen LogP contribution in [0.15, 0.2) is 28.7 Å². The second-order valence-electron chi connectivity index (χ2n) is 4.57. The average Bonchev–Trinajstić information content (AvgIpc) is 2.29. The van der Waals surface area contributed by atoms with Crippen LogP contribution in [0.5, 0.6) is 0 Å². The summed E-state index contributed by atoms with van der Waals surface area (Å²) < 4.78 is 11.4. The molecule has 1 aromatic rings. The van der Waals surface area contributed by atoms with E-state index in [1.807, 2.05) is 24.3 Å². The zero-order chi connectivity index (χ0) is 13.4. The van der Waals surface area contributed by atoms with E-state index in [4.69, 9.17) is 9.47 Å². The molecule has 0 spiro atoms. The van der Waals surface area contributed by atoms with Gasteiger partial charge in [0.2, 0.25) is 0 Å². The Morgan fingerprint density at radius 2 is 1.94 bits per heavy atom. The molecular weight excluding hydrogens is 300 g/mol. The third kappa shape index (κ3) is 1.96. The number of carboxylic acid groups (broad SMARTS) is 1. The van der Waals surface area contributed by atoms with E-state index in [9.17, 15) is 9.90 Å². The van der Waals surface area contributed by atoms with E-state index in [0.29, 0.717) is 12.8 Å². The molecule has 18 heavy (non-hydrogen) atoms. The van der Waals surface area contributed by atoms with Crippen LogP contribution in [0.2, 0.25) is 0 Å². The zero-order valence-corrected chi connectivity index (χ0v) is 11.9. The van der Waals surface area contributed by atoms with Crippen molar-refractivity contribution in [2.75, 3.05) is 14.2 Å². The lowest BCUT2D eigenvalue weighted by atomic mass is 9.60. The quantitative estimate of drug-likeness (QED) is 0.868. The van der Waals surface area contributed by atoms with Gasteiger partial charge < -0.3 is 14.6 Å². The fourth-order valence-corrected chi connectivity index (χ4v) is 2.90. The number of aliphatic carboxylic acids is 1. The Labute approximate surface area is 114 Å². The molecule has 98 valence electrons. The molecule has 0 unspecified atom stereocenters. The van der Waals surface area contributed by atoms with E-state index in [1.165, 1.54) is 14.2 Å². The fourth-order valence-electron chi connectivity index (χ4n) is 2.50. The van der Waals surface area contributed by atoms with Crippen LogP contribution in [-0.2, 0) is 19.7 Å². The highest BCUT2D eigenvalue weighted by Gasteiger charge is 2.61. The van der Waals surface area contributed by atoms with Gasteiger partial charge in [0.05, 0.1) is 0 Å². The molecule has 0 atom stereocenters. The minimum atomic E-state index is -0.921. The van der Waals surface area contributed by atoms with Crippen molar-refractivity contribution in [1.29, 1.82) is 0 Å². The molecule has 0 bridgehead atoms. The Morgan fingerprint density at radius 3 is 2.39 bits per heavy atom. The van der Waals surface area contributed by atoms with Crippen molar-refractivity contribution in [3.63, 3.8) is 0 Å². The second-order valence-corrected chi connectivity index (χ2v) is 5.49. The number of ether oxygens (including phenoxy) is 2. The minimum absolute atomic E-state index is 0.318. The number of hydrogen-bond donors (Lipinski definition) is 1. The highest BCUT2D eigenvalue weighted by Crippen LogP contribution is 2.52. The normalized spacial score (nSPS) is 20.2. The Bertz CT molecular complexity index is 460. The van der Waals surface area contributed by atoms with Gasteiger partial charge in [-0.15, -0.1) is 0 Å². The lowest BCUT2D eigenvalue weighted by molar-refractivity contribution is -0.277. The first-order valence-electron chi connectivity index (χ1n) is 5.58. The lowest BCUT2D eigenvalue weighted by Gasteiger charge is -2.51. The van der Waals surface area contributed by atoms with E-state index in [0.717, 1.165) is 10.0 Å². The molecule has 1 N–H and O–H groups in total. The smallest absolute Gasteiger partial charge is 0.314 e. The van der Waals surface area contributed by atoms with Crippen molar-refractivity contribution >= 4 is 21.9 Å². The van der Waals surface area contributed by atoms with E-state index in [2.05, 4.69) is 15.9 Å². The first-order valence-corrected chi connectivity index (χ1v) is 6.37. The van der Waals surface area contributed by atoms with Crippen LogP contribution in [-0.4, -0.2) is 31.1 Å². The molecular formula is C13H15BrO4. The van der Waals surface area contributed by atoms with Crippen LogP contribution in [0, 0.1) is 0 Å². The number of carboxylic acids is 1. The average molecular weight is 315 g/mol. The molecule has 5 heteroatoms. The van der Waals surface area contributed by atoms with E-state index in [-0.39, 0.29) is 0 Å². The summed E-state index contributed by atoms with van der Waals surface area (Å²) in [7, 11) is 3.08. The van der Waals surface area contributed by atoms with E-state index < -0.39 is 17.2 Å². The first-order chi connectivity index (χ1) is 8.48. The van der Waals surface area contributed by atoms with Gasteiger partial charge in [-0.1, -0.05) is 28.1 Å². The molecule has 0 heterocycles. The molecule has 1 aliphatic rings. The van der Waals surface area contributed by atoms with E-state index >= 15 is 0 Å². The van der Waals surface area contributed by atoms with Crippen LogP contribution in [0.3, 0.4) is 0 Å². The number of carbonyl (C=O) groups is 1. The van der Waals surface area contributed by atoms with Crippen molar-refractivity contribution < 1.29 is 19.4 Å². The van der Waals surface area contributed by atoms with Crippen molar-refractivity contribution in [2.24, 2.45) is 0 Å². The van der Waals surface area contributed by atoms with Gasteiger partial charge in [-0.25, -0.2) is 0 Å². The maximum atomic E-state index is 11.6. The molecule has 1 saturated carbocycles. The number of hydrogen-bond acceptors (Lipinski definition) is 3. The Morgan fingerprint density at radius 1 is 1.33 bits per heavy atom. The van der Waals surface area contributed by atoms with Gasteiger partial charge in [-0.3, -0.25) is 4.79 Å². The highest BCUT2D eigenvalue weighted by atomic mass is 79.9. The van der Waals surface area contributed by atoms with Crippen LogP contribution in [0.25, 0.3) is 0 Å². The molecule has 1 fully saturated rings. The molecule has 0 radical (unpaired) electrons. The summed E-state index contributed by atoms with van der Waals surface area (Å²) in [4.78, 5) is 11.6. The molecule has 4 nitrogen and oxygen atoms in total. The summed E-state index contributed by atoms with van der Waals surface area (Å²) in [6, 6.07) is 7.37. The maximum Gasteiger partial charge on any atom is 0.314 e. The monoisotopic (exact) mass is 314 g/mol. The SMILES string of the molecule is COC1(OC)CC(C(=O)O)(c2cccc(Br)c2)C1. The van der Waals surface area contributed by atoms with Crippen molar-refractivity contribution in [1.82, 2.24) is 0 Å². The predicted molar refractivity (Wildman–Crippen MR) is 69.4 cm³/mol. The molecule has 0 amide bonds. The van der Waals surface area contributed by atoms with Gasteiger partial charge in [0.25, 0.3) is 0 Å². The Kier molecular flexibility index (Phi) is 3.49. The van der Waals surface area contributed by atoms with Crippen molar-refractivity contribution in [3.8, 4) is 0 Å². The van der Waals surface area contributed by atoms with Crippen LogP contribution in [0.4, 0.5) is 0 Å². The number of rotatable bonds is 4. The standard InChI is InChI=1S/C13H15BrO4/c1-17-13(18-2)7-12(8-13,11(15)16)9-4-3-5-10(14)6-9/h3-6H,7-8H2,1-2H3,(H,15,16). The Balaban J connectivity index is 2.35. The van der Waals surface area contributed by atoms with Crippen molar-refractivity contribution in [3.05, 3.63) is 34.3 Å². The van der Waals surface area contributed by atoms with Crippen molar-refractivity contribution in [2.45, 2.75) is 24.0 Å². The fraction of sp³-hybridized carbons (Fsp3) is 0.462. The summed E-state index contributed by atoms with van der Waals surface area (Å²) in [6.45, 7) is 0. The molecule has 0 aromatic heterocycles. The molecule has 1 aromatic carbocycles. The zero-order valence-electron chi connectivity index (χ0n) is 10.3. The lowest BCUT2D eigenvalue weighted by Crippen LogP contribution is -2.60. The van der Waals surface area contributed by atoms with E-state index in [1.54, 1.807) is 0 Å².